The number of hydrogen-bond donors (Lipinski definition) is 1. The van der Waals surface area contributed by atoms with Crippen molar-refractivity contribution >= 4 is 33.0 Å². The summed E-state index contributed by atoms with van der Waals surface area (Å²) >= 11 is 6.14. The number of anilines is 1. The maximum Gasteiger partial charge on any atom is 0.209 e. The predicted molar refractivity (Wildman–Crippen MR) is 85.6 cm³/mol. The van der Waals surface area contributed by atoms with Crippen molar-refractivity contribution in [2.45, 2.75) is 19.8 Å². The summed E-state index contributed by atoms with van der Waals surface area (Å²) < 4.78 is 23.5. The normalized spacial score (nSPS) is 16.2. The van der Waals surface area contributed by atoms with Crippen LogP contribution in [0, 0.1) is 12.8 Å². The minimum Gasteiger partial charge on any atom is -0.354 e. The van der Waals surface area contributed by atoms with Crippen LogP contribution in [0.4, 0.5) is 5.82 Å². The fourth-order valence-corrected chi connectivity index (χ4v) is 3.75. The number of aryl methyl sites for hydroxylation is 1. The minimum atomic E-state index is -3.35. The highest BCUT2D eigenvalue weighted by Crippen LogP contribution is 2.32. The minimum absolute atomic E-state index is 0.0503. The molecule has 7 nitrogen and oxygen atoms in total. The molecule has 0 spiro atoms. The highest BCUT2D eigenvalue weighted by Gasteiger charge is 2.29. The second kappa shape index (κ2) is 5.68. The monoisotopic (exact) mass is 343 g/mol. The lowest BCUT2D eigenvalue weighted by Gasteiger charge is -2.40. The molecule has 9 heteroatoms. The number of aromatic nitrogens is 3. The Hall–Kier alpha value is -1.38. The first-order valence-corrected chi connectivity index (χ1v) is 9.19. The molecule has 0 bridgehead atoms. The molecular formula is C13H18ClN5O2S. The summed E-state index contributed by atoms with van der Waals surface area (Å²) in [6, 6.07) is 1.87. The van der Waals surface area contributed by atoms with Crippen molar-refractivity contribution in [3.05, 3.63) is 23.1 Å². The molecule has 3 heterocycles. The van der Waals surface area contributed by atoms with E-state index in [-0.39, 0.29) is 5.75 Å². The van der Waals surface area contributed by atoms with Gasteiger partial charge in [-0.25, -0.2) is 23.1 Å². The number of halogens is 1. The smallest absolute Gasteiger partial charge is 0.209 e. The molecule has 0 radical (unpaired) electrons. The summed E-state index contributed by atoms with van der Waals surface area (Å²) in [7, 11) is -3.35. The number of rotatable bonds is 5. The van der Waals surface area contributed by atoms with E-state index in [0.717, 1.165) is 36.4 Å². The Balaban J connectivity index is 1.66. The zero-order valence-electron chi connectivity index (χ0n) is 12.2. The van der Waals surface area contributed by atoms with E-state index in [9.17, 15) is 8.42 Å². The van der Waals surface area contributed by atoms with E-state index >= 15 is 0 Å². The Kier molecular flexibility index (Phi) is 4.00. The molecule has 0 amide bonds. The van der Waals surface area contributed by atoms with Gasteiger partial charge >= 0.3 is 0 Å². The van der Waals surface area contributed by atoms with Gasteiger partial charge in [0.25, 0.3) is 0 Å². The van der Waals surface area contributed by atoms with Crippen molar-refractivity contribution in [3.8, 4) is 0 Å². The van der Waals surface area contributed by atoms with Crippen LogP contribution in [-0.2, 0) is 10.0 Å². The number of primary sulfonamides is 1. The molecule has 22 heavy (non-hydrogen) atoms. The second-order valence-electron chi connectivity index (χ2n) is 5.77. The summed E-state index contributed by atoms with van der Waals surface area (Å²) in [6.07, 6.45) is 2.96. The lowest BCUT2D eigenvalue weighted by Crippen LogP contribution is -2.47. The van der Waals surface area contributed by atoms with E-state index in [4.69, 9.17) is 16.7 Å². The lowest BCUT2D eigenvalue weighted by atomic mass is 9.95. The van der Waals surface area contributed by atoms with Crippen molar-refractivity contribution in [2.24, 2.45) is 11.1 Å². The number of nitrogens with two attached hydrogens (primary N) is 1. The highest BCUT2D eigenvalue weighted by atomic mass is 35.5. The maximum absolute atomic E-state index is 10.9. The Morgan fingerprint density at radius 3 is 2.86 bits per heavy atom. The number of fused-ring (bicyclic) bond motifs is 1. The molecule has 3 rings (SSSR count). The van der Waals surface area contributed by atoms with Gasteiger partial charge < -0.3 is 4.90 Å². The van der Waals surface area contributed by atoms with Crippen molar-refractivity contribution in [2.75, 3.05) is 23.7 Å². The van der Waals surface area contributed by atoms with Crippen molar-refractivity contribution in [3.63, 3.8) is 0 Å². The molecule has 0 aromatic carbocycles. The van der Waals surface area contributed by atoms with Gasteiger partial charge in [-0.1, -0.05) is 11.6 Å². The summed E-state index contributed by atoms with van der Waals surface area (Å²) in [5, 5.41) is 9.75. The molecule has 2 aromatic heterocycles. The van der Waals surface area contributed by atoms with Gasteiger partial charge in [-0.3, -0.25) is 0 Å². The van der Waals surface area contributed by atoms with E-state index in [1.165, 1.54) is 6.33 Å². The van der Waals surface area contributed by atoms with E-state index in [0.29, 0.717) is 17.5 Å². The molecule has 2 aromatic rings. The van der Waals surface area contributed by atoms with Gasteiger partial charge in [0, 0.05) is 13.1 Å². The van der Waals surface area contributed by atoms with Gasteiger partial charge in [-0.2, -0.15) is 5.10 Å². The Morgan fingerprint density at radius 1 is 1.45 bits per heavy atom. The van der Waals surface area contributed by atoms with Crippen LogP contribution in [-0.4, -0.2) is 41.9 Å². The zero-order chi connectivity index (χ0) is 15.9. The SMILES string of the molecule is Cc1cc(Cl)n2ncnc(N3CC(CCCS(N)(=O)=O)C3)c12. The fourth-order valence-electron chi connectivity index (χ4n) is 2.89. The number of hydrogen-bond acceptors (Lipinski definition) is 5. The largest absolute Gasteiger partial charge is 0.354 e. The molecule has 1 fully saturated rings. The average Bonchev–Trinajstić information content (AvgIpc) is 2.67. The van der Waals surface area contributed by atoms with E-state index in [1.54, 1.807) is 4.52 Å². The zero-order valence-corrected chi connectivity index (χ0v) is 13.8. The Bertz CT molecular complexity index is 798. The third-order valence-corrected chi connectivity index (χ3v) is 5.11. The van der Waals surface area contributed by atoms with Gasteiger partial charge in [0.2, 0.25) is 10.0 Å². The molecule has 2 N–H and O–H groups in total. The third kappa shape index (κ3) is 3.04. The van der Waals surface area contributed by atoms with E-state index < -0.39 is 10.0 Å². The second-order valence-corrected chi connectivity index (χ2v) is 7.90. The van der Waals surface area contributed by atoms with Gasteiger partial charge in [0.05, 0.1) is 5.75 Å². The summed E-state index contributed by atoms with van der Waals surface area (Å²) in [6.45, 7) is 3.70. The Morgan fingerprint density at radius 2 is 2.18 bits per heavy atom. The standard InChI is InChI=1S/C13H18ClN5O2S/c1-9-5-11(14)19-12(9)13(16-8-17-19)18-6-10(7-18)3-2-4-22(15,20)21/h5,8,10H,2-4,6-7H2,1H3,(H2,15,20,21). The maximum atomic E-state index is 10.9. The van der Waals surface area contributed by atoms with Crippen LogP contribution >= 0.6 is 11.6 Å². The van der Waals surface area contributed by atoms with E-state index in [2.05, 4.69) is 15.0 Å². The molecule has 1 aliphatic heterocycles. The summed E-state index contributed by atoms with van der Waals surface area (Å²) in [5.41, 5.74) is 1.97. The first-order valence-electron chi connectivity index (χ1n) is 7.09. The molecule has 1 aliphatic rings. The first kappa shape index (κ1) is 15.5. The van der Waals surface area contributed by atoms with Crippen molar-refractivity contribution < 1.29 is 8.42 Å². The third-order valence-electron chi connectivity index (χ3n) is 3.98. The molecular weight excluding hydrogens is 326 g/mol. The Labute approximate surface area is 134 Å². The van der Waals surface area contributed by atoms with Crippen LogP contribution in [0.2, 0.25) is 5.15 Å². The van der Waals surface area contributed by atoms with Gasteiger partial charge in [-0.15, -0.1) is 0 Å². The molecule has 1 saturated heterocycles. The number of nitrogens with zero attached hydrogens (tertiary/aromatic N) is 4. The fraction of sp³-hybridized carbons (Fsp3) is 0.538. The van der Waals surface area contributed by atoms with Gasteiger partial charge in [-0.05, 0) is 37.3 Å². The van der Waals surface area contributed by atoms with E-state index in [1.807, 2.05) is 13.0 Å². The lowest BCUT2D eigenvalue weighted by molar-refractivity contribution is 0.378. The molecule has 0 saturated carbocycles. The van der Waals surface area contributed by atoms with Gasteiger partial charge in [0.15, 0.2) is 5.82 Å². The summed E-state index contributed by atoms with van der Waals surface area (Å²) in [4.78, 5) is 6.55. The molecule has 0 atom stereocenters. The van der Waals surface area contributed by atoms with Crippen LogP contribution in [0.5, 0.6) is 0 Å². The summed E-state index contributed by atoms with van der Waals surface area (Å²) in [5.74, 6) is 1.40. The molecule has 0 aliphatic carbocycles. The van der Waals surface area contributed by atoms with Gasteiger partial charge in [0.1, 0.15) is 17.0 Å². The van der Waals surface area contributed by atoms with Crippen LogP contribution < -0.4 is 10.0 Å². The van der Waals surface area contributed by atoms with Crippen LogP contribution in [0.1, 0.15) is 18.4 Å². The first-order chi connectivity index (χ1) is 10.3. The van der Waals surface area contributed by atoms with Crippen molar-refractivity contribution in [1.82, 2.24) is 14.6 Å². The molecule has 120 valence electrons. The van der Waals surface area contributed by atoms with Crippen molar-refractivity contribution in [1.29, 1.82) is 0 Å². The highest BCUT2D eigenvalue weighted by molar-refractivity contribution is 7.89. The quantitative estimate of drug-likeness (QED) is 0.880. The van der Waals surface area contributed by atoms with Crippen LogP contribution in [0.15, 0.2) is 12.4 Å². The molecule has 0 unspecified atom stereocenters. The number of sulfonamides is 1. The average molecular weight is 344 g/mol. The topological polar surface area (TPSA) is 93.6 Å². The van der Waals surface area contributed by atoms with Crippen LogP contribution in [0.3, 0.4) is 0 Å². The van der Waals surface area contributed by atoms with Crippen LogP contribution in [0.25, 0.3) is 5.52 Å². The predicted octanol–water partition coefficient (Wildman–Crippen LogP) is 1.20.